The van der Waals surface area contributed by atoms with Gasteiger partial charge in [-0.05, 0) is 119 Å². The lowest BCUT2D eigenvalue weighted by Gasteiger charge is -2.29. The molecule has 60 heavy (non-hydrogen) atoms. The third-order valence-corrected chi connectivity index (χ3v) is 12.7. The van der Waals surface area contributed by atoms with Gasteiger partial charge in [-0.2, -0.15) is 0 Å². The van der Waals surface area contributed by atoms with Crippen LogP contribution in [0.1, 0.15) is 25.0 Å². The smallest absolute Gasteiger partial charge is 0.0540 e. The van der Waals surface area contributed by atoms with E-state index in [0.29, 0.717) is 0 Å². The molecule has 0 spiro atoms. The average Bonchev–Trinajstić information content (AvgIpc) is 3.55. The first-order chi connectivity index (χ1) is 29.5. The van der Waals surface area contributed by atoms with Crippen molar-refractivity contribution in [1.29, 1.82) is 0 Å². The van der Waals surface area contributed by atoms with Crippen LogP contribution in [0.2, 0.25) is 0 Å². The van der Waals surface area contributed by atoms with Crippen molar-refractivity contribution in [3.63, 3.8) is 0 Å². The summed E-state index contributed by atoms with van der Waals surface area (Å²) < 4.78 is 0. The van der Waals surface area contributed by atoms with Crippen molar-refractivity contribution in [2.45, 2.75) is 19.3 Å². The fourth-order valence-corrected chi connectivity index (χ4v) is 9.60. The second-order valence-electron chi connectivity index (χ2n) is 16.5. The van der Waals surface area contributed by atoms with Gasteiger partial charge in [0, 0.05) is 22.4 Å². The van der Waals surface area contributed by atoms with Gasteiger partial charge in [0.05, 0.1) is 5.69 Å². The molecule has 0 aromatic heterocycles. The van der Waals surface area contributed by atoms with Gasteiger partial charge < -0.3 is 4.90 Å². The van der Waals surface area contributed by atoms with E-state index in [-0.39, 0.29) is 5.41 Å². The summed E-state index contributed by atoms with van der Waals surface area (Å²) in [6.45, 7) is 4.71. The third-order valence-electron chi connectivity index (χ3n) is 12.7. The molecule has 0 amide bonds. The zero-order chi connectivity index (χ0) is 40.2. The molecular weight excluding hydrogens is 723 g/mol. The van der Waals surface area contributed by atoms with Crippen molar-refractivity contribution < 1.29 is 0 Å². The van der Waals surface area contributed by atoms with Crippen LogP contribution in [0.5, 0.6) is 0 Å². The van der Waals surface area contributed by atoms with E-state index in [1.54, 1.807) is 0 Å². The van der Waals surface area contributed by atoms with Gasteiger partial charge in [0.25, 0.3) is 0 Å². The van der Waals surface area contributed by atoms with Crippen molar-refractivity contribution in [3.05, 3.63) is 236 Å². The van der Waals surface area contributed by atoms with Gasteiger partial charge >= 0.3 is 0 Å². The number of hydrogen-bond acceptors (Lipinski definition) is 1. The Labute approximate surface area is 352 Å². The zero-order valence-electron chi connectivity index (χ0n) is 33.8. The van der Waals surface area contributed by atoms with Crippen LogP contribution in [0.3, 0.4) is 0 Å². The highest BCUT2D eigenvalue weighted by Gasteiger charge is 2.37. The molecule has 0 aliphatic heterocycles. The topological polar surface area (TPSA) is 3.24 Å². The molecule has 1 heteroatoms. The number of para-hydroxylation sites is 1. The summed E-state index contributed by atoms with van der Waals surface area (Å²) in [6, 6.07) is 82.4. The molecule has 1 aliphatic rings. The molecule has 0 N–H and O–H groups in total. The quantitative estimate of drug-likeness (QED) is 0.156. The Balaban J connectivity index is 1.01. The first-order valence-electron chi connectivity index (χ1n) is 20.9. The summed E-state index contributed by atoms with van der Waals surface area (Å²) in [5, 5.41) is 5.03. The van der Waals surface area contributed by atoms with Crippen molar-refractivity contribution in [2.24, 2.45) is 0 Å². The normalized spacial score (nSPS) is 12.6. The van der Waals surface area contributed by atoms with E-state index in [2.05, 4.69) is 243 Å². The van der Waals surface area contributed by atoms with E-state index < -0.39 is 0 Å². The van der Waals surface area contributed by atoms with Crippen molar-refractivity contribution in [1.82, 2.24) is 0 Å². The monoisotopic (exact) mass is 765 g/mol. The highest BCUT2D eigenvalue weighted by molar-refractivity contribution is 5.99. The molecule has 0 bridgehead atoms. The minimum absolute atomic E-state index is 0.0852. The highest BCUT2D eigenvalue weighted by atomic mass is 15.1. The Kier molecular flexibility index (Phi) is 8.57. The molecule has 1 aliphatic carbocycles. The fourth-order valence-electron chi connectivity index (χ4n) is 9.60. The summed E-state index contributed by atoms with van der Waals surface area (Å²) in [6.07, 6.45) is 0. The van der Waals surface area contributed by atoms with E-state index in [9.17, 15) is 0 Å². The number of fused-ring (bicyclic) bond motifs is 5. The van der Waals surface area contributed by atoms with Gasteiger partial charge in [-0.3, -0.25) is 0 Å². The summed E-state index contributed by atoms with van der Waals surface area (Å²) in [5.41, 5.74) is 18.4. The summed E-state index contributed by atoms with van der Waals surface area (Å²) in [4.78, 5) is 2.43. The number of hydrogen-bond donors (Lipinski definition) is 0. The van der Waals surface area contributed by atoms with Crippen LogP contribution >= 0.6 is 0 Å². The molecule has 10 aromatic carbocycles. The van der Waals surface area contributed by atoms with Crippen molar-refractivity contribution >= 4 is 38.6 Å². The lowest BCUT2D eigenvalue weighted by atomic mass is 9.82. The Morgan fingerprint density at radius 3 is 1.55 bits per heavy atom. The molecular formula is C59H43N. The summed E-state index contributed by atoms with van der Waals surface area (Å²) in [5.74, 6) is 0. The van der Waals surface area contributed by atoms with Crippen LogP contribution in [-0.2, 0) is 5.41 Å². The number of rotatable bonds is 7. The Hall–Kier alpha value is -7.48. The standard InChI is InChI=1S/C59H43N/c1-59(2)55-22-9-7-19-54(55)58-53(21-12-23-56(58)59)52-18-8-10-24-57(52)60(49-37-33-43(34-38-49)47-30-27-40-13-3-4-15-46(40)39-47)48-35-31-42(32-36-48)41-25-28-45(29-26-41)51-20-11-16-44-14-5-6-17-50(44)51/h3-39H,1-2H3. The second-order valence-corrected chi connectivity index (χ2v) is 16.5. The van der Waals surface area contributed by atoms with Crippen LogP contribution < -0.4 is 4.90 Å². The number of benzene rings is 10. The molecule has 0 heterocycles. The predicted octanol–water partition coefficient (Wildman–Crippen LogP) is 16.4. The van der Waals surface area contributed by atoms with Crippen molar-refractivity contribution in [2.75, 3.05) is 4.90 Å². The van der Waals surface area contributed by atoms with E-state index in [1.165, 1.54) is 88.3 Å². The Bertz CT molecular complexity index is 3200. The van der Waals surface area contributed by atoms with Gasteiger partial charge in [-0.25, -0.2) is 0 Å². The SMILES string of the molecule is CC1(C)c2ccccc2-c2c(-c3ccccc3N(c3ccc(-c4ccc(-c5cccc6ccccc56)cc4)cc3)c3ccc(-c4ccc5ccccc5c4)cc3)cccc21. The van der Waals surface area contributed by atoms with Gasteiger partial charge in [0.2, 0.25) is 0 Å². The maximum Gasteiger partial charge on any atom is 0.0540 e. The van der Waals surface area contributed by atoms with Gasteiger partial charge in [0.1, 0.15) is 0 Å². The molecule has 11 rings (SSSR count). The molecule has 0 atom stereocenters. The first kappa shape index (κ1) is 35.7. The van der Waals surface area contributed by atoms with E-state index >= 15 is 0 Å². The summed E-state index contributed by atoms with van der Waals surface area (Å²) >= 11 is 0. The highest BCUT2D eigenvalue weighted by Crippen LogP contribution is 2.53. The maximum absolute atomic E-state index is 2.43. The molecule has 0 saturated heterocycles. The Morgan fingerprint density at radius 1 is 0.317 bits per heavy atom. The van der Waals surface area contributed by atoms with E-state index in [0.717, 1.165) is 17.1 Å². The second kappa shape index (κ2) is 14.4. The fraction of sp³-hybridized carbons (Fsp3) is 0.0508. The van der Waals surface area contributed by atoms with E-state index in [4.69, 9.17) is 0 Å². The van der Waals surface area contributed by atoms with Crippen LogP contribution in [0.15, 0.2) is 224 Å². The average molecular weight is 766 g/mol. The van der Waals surface area contributed by atoms with Crippen LogP contribution in [-0.4, -0.2) is 0 Å². The lowest BCUT2D eigenvalue weighted by molar-refractivity contribution is 0.660. The molecule has 1 nitrogen and oxygen atoms in total. The minimum Gasteiger partial charge on any atom is -0.310 e. The first-order valence-corrected chi connectivity index (χ1v) is 20.9. The van der Waals surface area contributed by atoms with Crippen molar-refractivity contribution in [3.8, 4) is 55.6 Å². The largest absolute Gasteiger partial charge is 0.310 e. The van der Waals surface area contributed by atoms with Gasteiger partial charge in [-0.15, -0.1) is 0 Å². The molecule has 0 saturated carbocycles. The zero-order valence-corrected chi connectivity index (χ0v) is 33.8. The number of nitrogens with zero attached hydrogens (tertiary/aromatic N) is 1. The predicted molar refractivity (Wildman–Crippen MR) is 255 cm³/mol. The van der Waals surface area contributed by atoms with Crippen LogP contribution in [0.25, 0.3) is 77.2 Å². The molecule has 0 unspecified atom stereocenters. The van der Waals surface area contributed by atoms with E-state index in [1.807, 2.05) is 0 Å². The third kappa shape index (κ3) is 6.01. The Morgan fingerprint density at radius 2 is 0.800 bits per heavy atom. The van der Waals surface area contributed by atoms with Crippen LogP contribution in [0, 0.1) is 0 Å². The lowest BCUT2D eigenvalue weighted by Crippen LogP contribution is -2.14. The number of anilines is 3. The van der Waals surface area contributed by atoms with Crippen LogP contribution in [0.4, 0.5) is 17.1 Å². The summed E-state index contributed by atoms with van der Waals surface area (Å²) in [7, 11) is 0. The maximum atomic E-state index is 2.43. The molecule has 284 valence electrons. The minimum atomic E-state index is -0.0852. The molecule has 0 fully saturated rings. The molecule has 10 aromatic rings. The van der Waals surface area contributed by atoms with Gasteiger partial charge in [-0.1, -0.05) is 202 Å². The van der Waals surface area contributed by atoms with Gasteiger partial charge in [0.15, 0.2) is 0 Å². The molecule has 0 radical (unpaired) electrons.